The normalized spacial score (nSPS) is 23.0. The molecule has 2 saturated heterocycles. The van der Waals surface area contributed by atoms with Crippen molar-refractivity contribution in [3.05, 3.63) is 82.4 Å². The first-order valence-electron chi connectivity index (χ1n) is 14.4. The van der Waals surface area contributed by atoms with Crippen LogP contribution in [0.3, 0.4) is 0 Å². The van der Waals surface area contributed by atoms with Crippen LogP contribution in [-0.4, -0.2) is 59.3 Å². The highest BCUT2D eigenvalue weighted by Gasteiger charge is 2.34. The number of likely N-dealkylation sites (tertiary alicyclic amines) is 2. The summed E-state index contributed by atoms with van der Waals surface area (Å²) in [4.78, 5) is 18.4. The maximum atomic E-state index is 13.7. The molecule has 0 bridgehead atoms. The molecule has 2 atom stereocenters. The quantitative estimate of drug-likeness (QED) is 0.406. The van der Waals surface area contributed by atoms with E-state index in [2.05, 4.69) is 34.5 Å². The highest BCUT2D eigenvalue weighted by Crippen LogP contribution is 2.39. The summed E-state index contributed by atoms with van der Waals surface area (Å²) < 4.78 is 13.8. The molecule has 3 aliphatic rings. The summed E-state index contributed by atoms with van der Waals surface area (Å²) >= 11 is 1.74. The number of piperidine rings is 2. The van der Waals surface area contributed by atoms with Gasteiger partial charge in [0, 0.05) is 36.2 Å². The molecule has 3 aromatic rings. The topological polar surface area (TPSA) is 62.2 Å². The minimum absolute atomic E-state index is 0.0165. The van der Waals surface area contributed by atoms with Gasteiger partial charge in [0.1, 0.15) is 0 Å². The van der Waals surface area contributed by atoms with Crippen molar-refractivity contribution in [3.8, 4) is 0 Å². The van der Waals surface area contributed by atoms with Crippen molar-refractivity contribution in [2.24, 2.45) is 0 Å². The van der Waals surface area contributed by atoms with Crippen LogP contribution in [-0.2, 0) is 27.5 Å². The molecule has 0 radical (unpaired) electrons. The number of aliphatic hydroxyl groups is 1. The fraction of sp³-hybridized carbons (Fsp3) is 0.469. The number of carbonyl (C=O) groups is 1. The van der Waals surface area contributed by atoms with E-state index in [1.54, 1.807) is 11.3 Å². The Labute approximate surface area is 234 Å². The van der Waals surface area contributed by atoms with Gasteiger partial charge < -0.3 is 24.4 Å². The van der Waals surface area contributed by atoms with Gasteiger partial charge in [0.05, 0.1) is 13.2 Å². The summed E-state index contributed by atoms with van der Waals surface area (Å²) in [6.07, 6.45) is 8.17. The average Bonchev–Trinajstić information content (AvgIpc) is 3.45. The van der Waals surface area contributed by atoms with E-state index in [9.17, 15) is 9.90 Å². The van der Waals surface area contributed by atoms with Crippen molar-refractivity contribution in [1.82, 2.24) is 9.80 Å². The minimum atomic E-state index is -0.513. The van der Waals surface area contributed by atoms with Gasteiger partial charge in [-0.25, -0.2) is 0 Å². The number of ether oxygens (including phenoxy) is 2. The number of fused-ring (bicyclic) bond motifs is 1. The van der Waals surface area contributed by atoms with Crippen molar-refractivity contribution in [2.45, 2.75) is 70.0 Å². The fourth-order valence-electron chi connectivity index (χ4n) is 6.22. The summed E-state index contributed by atoms with van der Waals surface area (Å²) in [5, 5.41) is 12.8. The Hall–Kier alpha value is -2.71. The van der Waals surface area contributed by atoms with Gasteiger partial charge in [-0.3, -0.25) is 4.79 Å². The molecular weight excluding hydrogens is 508 g/mol. The molecule has 0 spiro atoms. The molecule has 7 heteroatoms. The first-order valence-corrected chi connectivity index (χ1v) is 15.2. The lowest BCUT2D eigenvalue weighted by Crippen LogP contribution is -2.49. The molecule has 2 aromatic carbocycles. The molecule has 39 heavy (non-hydrogen) atoms. The first-order chi connectivity index (χ1) is 19.2. The van der Waals surface area contributed by atoms with Gasteiger partial charge in [-0.1, -0.05) is 48.9 Å². The van der Waals surface area contributed by atoms with Crippen LogP contribution in [0.1, 0.15) is 61.1 Å². The lowest BCUT2D eigenvalue weighted by molar-refractivity contribution is -0.156. The van der Waals surface area contributed by atoms with E-state index >= 15 is 0 Å². The minimum Gasteiger partial charge on any atom is -0.459 e. The number of amides is 1. The monoisotopic (exact) mass is 546 g/mol. The van der Waals surface area contributed by atoms with E-state index in [1.807, 2.05) is 35.2 Å². The Bertz CT molecular complexity index is 1290. The smallest absolute Gasteiger partial charge is 0.288 e. The zero-order chi connectivity index (χ0) is 26.6. The van der Waals surface area contributed by atoms with Gasteiger partial charge in [0.2, 0.25) is 6.29 Å². The number of carbonyl (C=O) groups excluding carboxylic acids is 1. The average molecular weight is 547 g/mol. The number of rotatable bonds is 7. The summed E-state index contributed by atoms with van der Waals surface area (Å²) in [7, 11) is 0. The molecular formula is C32H38N2O4S. The fourth-order valence-corrected chi connectivity index (χ4v) is 7.24. The summed E-state index contributed by atoms with van der Waals surface area (Å²) in [6, 6.07) is 16.8. The second kappa shape index (κ2) is 12.2. The predicted octanol–water partition coefficient (Wildman–Crippen LogP) is 5.80. The Morgan fingerprint density at radius 3 is 2.49 bits per heavy atom. The zero-order valence-electron chi connectivity index (χ0n) is 22.5. The highest BCUT2D eigenvalue weighted by atomic mass is 32.1. The van der Waals surface area contributed by atoms with Crippen LogP contribution in [0.15, 0.2) is 65.7 Å². The molecule has 0 unspecified atom stereocenters. The number of benzene rings is 2. The molecule has 3 aliphatic heterocycles. The van der Waals surface area contributed by atoms with Crippen LogP contribution in [0.2, 0.25) is 0 Å². The third-order valence-electron chi connectivity index (χ3n) is 8.48. The van der Waals surface area contributed by atoms with Crippen LogP contribution in [0, 0.1) is 0 Å². The van der Waals surface area contributed by atoms with Crippen LogP contribution >= 0.6 is 11.3 Å². The van der Waals surface area contributed by atoms with Gasteiger partial charge in [0.15, 0.2) is 5.76 Å². The molecule has 1 aromatic heterocycles. The first kappa shape index (κ1) is 26.5. The lowest BCUT2D eigenvalue weighted by Gasteiger charge is -2.40. The Balaban J connectivity index is 1.18. The molecule has 6 rings (SSSR count). The van der Waals surface area contributed by atoms with E-state index in [4.69, 9.17) is 9.47 Å². The number of thiophene rings is 1. The van der Waals surface area contributed by atoms with Gasteiger partial charge in [-0.05, 0) is 78.4 Å². The van der Waals surface area contributed by atoms with E-state index in [0.717, 1.165) is 37.1 Å². The third kappa shape index (κ3) is 6.07. The summed E-state index contributed by atoms with van der Waals surface area (Å²) in [5.74, 6) is 0.442. The third-order valence-corrected chi connectivity index (χ3v) is 9.46. The molecule has 1 amide bonds. The Kier molecular flexibility index (Phi) is 8.30. The lowest BCUT2D eigenvalue weighted by atomic mass is 9.92. The predicted molar refractivity (Wildman–Crippen MR) is 154 cm³/mol. The highest BCUT2D eigenvalue weighted by molar-refractivity contribution is 7.17. The van der Waals surface area contributed by atoms with E-state index in [1.165, 1.54) is 48.0 Å². The molecule has 0 aliphatic carbocycles. The molecule has 206 valence electrons. The van der Waals surface area contributed by atoms with E-state index < -0.39 is 6.29 Å². The van der Waals surface area contributed by atoms with Crippen LogP contribution in [0.4, 0.5) is 0 Å². The van der Waals surface area contributed by atoms with Gasteiger partial charge in [-0.15, -0.1) is 11.3 Å². The number of hydrogen-bond acceptors (Lipinski definition) is 6. The van der Waals surface area contributed by atoms with Gasteiger partial charge in [0.25, 0.3) is 5.91 Å². The number of nitrogens with zero attached hydrogens (tertiary/aromatic N) is 2. The van der Waals surface area contributed by atoms with Crippen LogP contribution < -0.4 is 0 Å². The molecule has 0 saturated carbocycles. The molecule has 4 heterocycles. The summed E-state index contributed by atoms with van der Waals surface area (Å²) in [5.41, 5.74) is 3.11. The van der Waals surface area contributed by atoms with Gasteiger partial charge >= 0.3 is 0 Å². The van der Waals surface area contributed by atoms with Crippen molar-refractivity contribution < 1.29 is 19.4 Å². The Morgan fingerprint density at radius 1 is 0.974 bits per heavy atom. The molecule has 6 nitrogen and oxygen atoms in total. The standard InChI is InChI=1S/C32H38N2O4S/c35-20-23-8-10-24(11-9-23)21-37-31-19-25(28-22-39-30-7-3-2-6-27(28)30)18-29(38-31)32(36)34-16-12-26(13-17-34)33-14-4-1-5-15-33/h2-3,6-11,18,22,25-26,31,35H,1,4-5,12-17,19-21H2/t25-,31+/m0/s1. The van der Waals surface area contributed by atoms with Crippen molar-refractivity contribution in [1.29, 1.82) is 0 Å². The van der Waals surface area contributed by atoms with Crippen molar-refractivity contribution in [3.63, 3.8) is 0 Å². The van der Waals surface area contributed by atoms with Gasteiger partial charge in [-0.2, -0.15) is 0 Å². The second-order valence-electron chi connectivity index (χ2n) is 11.0. The Morgan fingerprint density at radius 2 is 1.72 bits per heavy atom. The van der Waals surface area contributed by atoms with Crippen molar-refractivity contribution in [2.75, 3.05) is 26.2 Å². The SMILES string of the molecule is O=C(C1=C[C@H](c2csc3ccccc23)C[C@H](OCc2ccc(CO)cc2)O1)N1CCC(N2CCCCC2)CC1. The second-order valence-corrected chi connectivity index (χ2v) is 11.9. The number of hydrogen-bond donors (Lipinski definition) is 1. The van der Waals surface area contributed by atoms with Crippen LogP contribution in [0.25, 0.3) is 10.1 Å². The van der Waals surface area contributed by atoms with E-state index in [-0.39, 0.29) is 18.4 Å². The largest absolute Gasteiger partial charge is 0.459 e. The van der Waals surface area contributed by atoms with Crippen LogP contribution in [0.5, 0.6) is 0 Å². The maximum Gasteiger partial charge on any atom is 0.288 e. The van der Waals surface area contributed by atoms with Crippen molar-refractivity contribution >= 4 is 27.3 Å². The number of aliphatic hydroxyl groups excluding tert-OH is 1. The zero-order valence-corrected chi connectivity index (χ0v) is 23.3. The maximum absolute atomic E-state index is 13.7. The number of allylic oxidation sites excluding steroid dienone is 1. The molecule has 1 N–H and O–H groups in total. The summed E-state index contributed by atoms with van der Waals surface area (Å²) in [6.45, 7) is 4.35. The van der Waals surface area contributed by atoms with E-state index in [0.29, 0.717) is 24.8 Å². The molecule has 2 fully saturated rings.